The lowest BCUT2D eigenvalue weighted by Gasteiger charge is -2.50. The molecule has 1 fully saturated rings. The van der Waals surface area contributed by atoms with Crippen LogP contribution in [0.2, 0.25) is 0 Å². The van der Waals surface area contributed by atoms with Crippen molar-refractivity contribution >= 4 is 11.6 Å². The SMILES string of the molecule is C=C(C)[C@@H]1CCC2=C[C@](O)(CCl)C[C@@H](C)[C@]2(C)C1. The highest BCUT2D eigenvalue weighted by atomic mass is 35.5. The monoisotopic (exact) mass is 268 g/mol. The molecule has 0 aromatic rings. The van der Waals surface area contributed by atoms with Gasteiger partial charge < -0.3 is 5.11 Å². The highest BCUT2D eigenvalue weighted by Gasteiger charge is 2.47. The van der Waals surface area contributed by atoms with Crippen LogP contribution in [0.3, 0.4) is 0 Å². The van der Waals surface area contributed by atoms with Gasteiger partial charge in [-0.25, -0.2) is 0 Å². The number of allylic oxidation sites excluding steroid dienone is 2. The maximum Gasteiger partial charge on any atom is 0.0968 e. The second-order valence-electron chi connectivity index (χ2n) is 6.72. The van der Waals surface area contributed by atoms with E-state index in [4.69, 9.17) is 11.6 Å². The van der Waals surface area contributed by atoms with Crippen LogP contribution < -0.4 is 0 Å². The summed E-state index contributed by atoms with van der Waals surface area (Å²) in [6, 6.07) is 0. The summed E-state index contributed by atoms with van der Waals surface area (Å²) in [6.07, 6.45) is 6.27. The third kappa shape index (κ3) is 2.28. The first-order chi connectivity index (χ1) is 8.31. The van der Waals surface area contributed by atoms with Crippen LogP contribution >= 0.6 is 11.6 Å². The third-order valence-electron chi connectivity index (χ3n) is 5.28. The lowest BCUT2D eigenvalue weighted by Crippen LogP contribution is -2.45. The smallest absolute Gasteiger partial charge is 0.0968 e. The Morgan fingerprint density at radius 2 is 2.22 bits per heavy atom. The molecule has 2 rings (SSSR count). The van der Waals surface area contributed by atoms with Crippen LogP contribution in [0.15, 0.2) is 23.8 Å². The van der Waals surface area contributed by atoms with Crippen LogP contribution in [0, 0.1) is 17.3 Å². The van der Waals surface area contributed by atoms with Crippen molar-refractivity contribution < 1.29 is 5.11 Å². The summed E-state index contributed by atoms with van der Waals surface area (Å²) in [5, 5.41) is 10.5. The van der Waals surface area contributed by atoms with Crippen LogP contribution in [0.25, 0.3) is 0 Å². The van der Waals surface area contributed by atoms with Gasteiger partial charge in [-0.3, -0.25) is 0 Å². The Hall–Kier alpha value is -0.270. The maximum atomic E-state index is 10.5. The molecule has 102 valence electrons. The number of aliphatic hydroxyl groups is 1. The van der Waals surface area contributed by atoms with Crippen LogP contribution in [0.5, 0.6) is 0 Å². The highest BCUT2D eigenvalue weighted by Crippen LogP contribution is 2.54. The summed E-state index contributed by atoms with van der Waals surface area (Å²) in [4.78, 5) is 0. The largest absolute Gasteiger partial charge is 0.385 e. The summed E-state index contributed by atoms with van der Waals surface area (Å²) in [5.41, 5.74) is 2.16. The molecule has 0 aromatic carbocycles. The fourth-order valence-corrected chi connectivity index (χ4v) is 3.95. The molecule has 4 atom stereocenters. The summed E-state index contributed by atoms with van der Waals surface area (Å²) >= 11 is 5.93. The van der Waals surface area contributed by atoms with Crippen LogP contribution in [-0.2, 0) is 0 Å². The van der Waals surface area contributed by atoms with Gasteiger partial charge in [0.1, 0.15) is 0 Å². The van der Waals surface area contributed by atoms with E-state index in [1.165, 1.54) is 24.0 Å². The van der Waals surface area contributed by atoms with Gasteiger partial charge in [-0.15, -0.1) is 11.6 Å². The van der Waals surface area contributed by atoms with Crippen molar-refractivity contribution in [1.82, 2.24) is 0 Å². The third-order valence-corrected chi connectivity index (χ3v) is 5.75. The Kier molecular flexibility index (Phi) is 3.68. The van der Waals surface area contributed by atoms with Crippen LogP contribution in [-0.4, -0.2) is 16.6 Å². The van der Waals surface area contributed by atoms with Crippen molar-refractivity contribution in [3.8, 4) is 0 Å². The molecule has 0 unspecified atom stereocenters. The standard InChI is InChI=1S/C16H25ClO/c1-11(2)13-5-6-14-9-16(18,10-17)7-12(3)15(14,4)8-13/h9,12-13,18H,1,5-8,10H2,2-4H3/t12-,13-,15+,16+/m1/s1. The zero-order valence-corrected chi connectivity index (χ0v) is 12.6. The molecule has 0 heterocycles. The average Bonchev–Trinajstić information content (AvgIpc) is 2.30. The molecule has 0 amide bonds. The Morgan fingerprint density at radius 3 is 2.78 bits per heavy atom. The van der Waals surface area contributed by atoms with E-state index in [0.29, 0.717) is 17.7 Å². The van der Waals surface area contributed by atoms with Gasteiger partial charge in [0.05, 0.1) is 11.5 Å². The van der Waals surface area contributed by atoms with Gasteiger partial charge in [0.2, 0.25) is 0 Å². The molecule has 0 bridgehead atoms. The second kappa shape index (κ2) is 4.68. The molecular weight excluding hydrogens is 244 g/mol. The second-order valence-corrected chi connectivity index (χ2v) is 6.98. The van der Waals surface area contributed by atoms with Gasteiger partial charge in [0.15, 0.2) is 0 Å². The first-order valence-corrected chi connectivity index (χ1v) is 7.50. The van der Waals surface area contributed by atoms with Gasteiger partial charge in [-0.1, -0.05) is 37.6 Å². The molecule has 0 aliphatic heterocycles. The van der Waals surface area contributed by atoms with Gasteiger partial charge in [0, 0.05) is 0 Å². The first kappa shape index (κ1) is 14.1. The van der Waals surface area contributed by atoms with Crippen molar-refractivity contribution in [3.63, 3.8) is 0 Å². The Bertz CT molecular complexity index is 387. The van der Waals surface area contributed by atoms with E-state index in [-0.39, 0.29) is 5.41 Å². The molecule has 0 radical (unpaired) electrons. The Balaban J connectivity index is 2.32. The predicted molar refractivity (Wildman–Crippen MR) is 77.8 cm³/mol. The quantitative estimate of drug-likeness (QED) is 0.585. The molecule has 2 heteroatoms. The van der Waals surface area contributed by atoms with Crippen molar-refractivity contribution in [2.75, 3.05) is 5.88 Å². The van der Waals surface area contributed by atoms with E-state index in [0.717, 1.165) is 12.8 Å². The minimum absolute atomic E-state index is 0.222. The van der Waals surface area contributed by atoms with Crippen LogP contribution in [0.1, 0.15) is 46.5 Å². The lowest BCUT2D eigenvalue weighted by atomic mass is 9.56. The molecule has 18 heavy (non-hydrogen) atoms. The molecule has 1 nitrogen and oxygen atoms in total. The topological polar surface area (TPSA) is 20.2 Å². The van der Waals surface area contributed by atoms with E-state index >= 15 is 0 Å². The Morgan fingerprint density at radius 1 is 1.56 bits per heavy atom. The minimum Gasteiger partial charge on any atom is -0.385 e. The van der Waals surface area contributed by atoms with E-state index in [1.807, 2.05) is 0 Å². The number of halogens is 1. The van der Waals surface area contributed by atoms with Crippen molar-refractivity contribution in [3.05, 3.63) is 23.8 Å². The van der Waals surface area contributed by atoms with Gasteiger partial charge in [-0.2, -0.15) is 0 Å². The van der Waals surface area contributed by atoms with Crippen molar-refractivity contribution in [2.45, 2.75) is 52.1 Å². The number of hydrogen-bond acceptors (Lipinski definition) is 1. The molecular formula is C16H25ClO. The number of rotatable bonds is 2. The molecule has 0 aromatic heterocycles. The average molecular weight is 269 g/mol. The molecule has 0 saturated heterocycles. The molecule has 0 spiro atoms. The fourth-order valence-electron chi connectivity index (χ4n) is 3.77. The number of hydrogen-bond donors (Lipinski definition) is 1. The van der Waals surface area contributed by atoms with Crippen molar-refractivity contribution in [1.29, 1.82) is 0 Å². The zero-order chi connectivity index (χ0) is 13.6. The van der Waals surface area contributed by atoms with E-state index in [2.05, 4.69) is 33.4 Å². The molecule has 1 N–H and O–H groups in total. The summed E-state index contributed by atoms with van der Waals surface area (Å²) in [7, 11) is 0. The molecule has 2 aliphatic carbocycles. The van der Waals surface area contributed by atoms with Crippen molar-refractivity contribution in [2.24, 2.45) is 17.3 Å². The highest BCUT2D eigenvalue weighted by molar-refractivity contribution is 6.18. The summed E-state index contributed by atoms with van der Waals surface area (Å²) in [5.74, 6) is 1.42. The predicted octanol–water partition coefficient (Wildman–Crippen LogP) is 4.31. The molecule has 1 saturated carbocycles. The maximum absolute atomic E-state index is 10.5. The van der Waals surface area contributed by atoms with E-state index < -0.39 is 5.60 Å². The Labute approximate surface area is 116 Å². The van der Waals surface area contributed by atoms with E-state index in [1.54, 1.807) is 0 Å². The first-order valence-electron chi connectivity index (χ1n) is 6.97. The van der Waals surface area contributed by atoms with Gasteiger partial charge in [-0.05, 0) is 49.9 Å². The molecule has 2 aliphatic rings. The minimum atomic E-state index is -0.786. The van der Waals surface area contributed by atoms with E-state index in [9.17, 15) is 5.11 Å². The number of alkyl halides is 1. The number of fused-ring (bicyclic) bond motifs is 1. The summed E-state index contributed by atoms with van der Waals surface area (Å²) in [6.45, 7) is 10.9. The zero-order valence-electron chi connectivity index (χ0n) is 11.8. The van der Waals surface area contributed by atoms with Gasteiger partial charge >= 0.3 is 0 Å². The lowest BCUT2D eigenvalue weighted by molar-refractivity contribution is 0.0282. The van der Waals surface area contributed by atoms with Gasteiger partial charge in [0.25, 0.3) is 0 Å². The normalized spacial score (nSPS) is 44.2. The van der Waals surface area contributed by atoms with Crippen LogP contribution in [0.4, 0.5) is 0 Å². The summed E-state index contributed by atoms with van der Waals surface area (Å²) < 4.78 is 0. The fraction of sp³-hybridized carbons (Fsp3) is 0.750.